The predicted molar refractivity (Wildman–Crippen MR) is 83.7 cm³/mol. The number of aliphatic hydroxyl groups is 1. The Morgan fingerprint density at radius 3 is 2.54 bits per heavy atom. The highest BCUT2D eigenvalue weighted by Crippen LogP contribution is 2.23. The average Bonchev–Trinajstić information content (AvgIpc) is 3.37. The van der Waals surface area contributed by atoms with Crippen molar-refractivity contribution in [1.82, 2.24) is 5.32 Å². The average molecular weight is 333 g/mol. The number of carbonyl (C=O) groups is 1. The molecule has 0 aromatic heterocycles. The lowest BCUT2D eigenvalue weighted by Gasteiger charge is -2.14. The maximum absolute atomic E-state index is 13.6. The number of hydrogen-bond acceptors (Lipinski definition) is 3. The number of halogens is 2. The first-order chi connectivity index (χ1) is 11.5. The van der Waals surface area contributed by atoms with Crippen molar-refractivity contribution in [3.8, 4) is 5.75 Å². The van der Waals surface area contributed by atoms with E-state index >= 15 is 0 Å². The quantitative estimate of drug-likeness (QED) is 0.854. The Balaban J connectivity index is 1.64. The minimum atomic E-state index is -1.45. The van der Waals surface area contributed by atoms with Gasteiger partial charge in [0, 0.05) is 11.6 Å². The van der Waals surface area contributed by atoms with Crippen LogP contribution in [0.5, 0.6) is 5.75 Å². The Morgan fingerprint density at radius 2 is 1.88 bits per heavy atom. The molecule has 3 rings (SSSR count). The lowest BCUT2D eigenvalue weighted by molar-refractivity contribution is 0.0948. The highest BCUT2D eigenvalue weighted by molar-refractivity contribution is 5.94. The molecule has 2 aromatic carbocycles. The maximum atomic E-state index is 13.6. The van der Waals surface area contributed by atoms with Gasteiger partial charge in [0.1, 0.15) is 30.1 Å². The summed E-state index contributed by atoms with van der Waals surface area (Å²) in [4.78, 5) is 12.0. The summed E-state index contributed by atoms with van der Waals surface area (Å²) in [7, 11) is 0. The van der Waals surface area contributed by atoms with Crippen molar-refractivity contribution in [2.45, 2.75) is 25.0 Å². The van der Waals surface area contributed by atoms with Crippen LogP contribution in [0.2, 0.25) is 0 Å². The van der Waals surface area contributed by atoms with Crippen LogP contribution in [-0.2, 0) is 0 Å². The van der Waals surface area contributed by atoms with Crippen molar-refractivity contribution in [2.75, 3.05) is 6.61 Å². The van der Waals surface area contributed by atoms with Crippen molar-refractivity contribution in [1.29, 1.82) is 0 Å². The second-order valence-electron chi connectivity index (χ2n) is 5.74. The highest BCUT2D eigenvalue weighted by Gasteiger charge is 2.24. The molecule has 126 valence electrons. The summed E-state index contributed by atoms with van der Waals surface area (Å²) in [5.41, 5.74) is 0.00564. The first-order valence-electron chi connectivity index (χ1n) is 7.70. The summed E-state index contributed by atoms with van der Waals surface area (Å²) < 4.78 is 32.6. The monoisotopic (exact) mass is 333 g/mol. The zero-order chi connectivity index (χ0) is 17.1. The third kappa shape index (κ3) is 3.89. The lowest BCUT2D eigenvalue weighted by atomic mass is 10.1. The molecule has 0 aliphatic heterocycles. The summed E-state index contributed by atoms with van der Waals surface area (Å²) in [5, 5.41) is 12.8. The van der Waals surface area contributed by atoms with Gasteiger partial charge in [-0.1, -0.05) is 12.1 Å². The summed E-state index contributed by atoms with van der Waals surface area (Å²) in [6.07, 6.45) is 0.528. The maximum Gasteiger partial charge on any atom is 0.251 e. The van der Waals surface area contributed by atoms with Gasteiger partial charge in [-0.25, -0.2) is 8.78 Å². The molecular weight excluding hydrogens is 316 g/mol. The summed E-state index contributed by atoms with van der Waals surface area (Å²) in [6.45, 7) is -0.328. The van der Waals surface area contributed by atoms with Gasteiger partial charge >= 0.3 is 0 Å². The van der Waals surface area contributed by atoms with E-state index in [0.717, 1.165) is 25.0 Å². The lowest BCUT2D eigenvalue weighted by Crippen LogP contribution is -2.25. The number of hydrogen-bond donors (Lipinski definition) is 2. The van der Waals surface area contributed by atoms with Crippen LogP contribution in [-0.4, -0.2) is 23.7 Å². The van der Waals surface area contributed by atoms with Crippen molar-refractivity contribution in [3.05, 3.63) is 65.2 Å². The molecule has 1 atom stereocenters. The molecule has 1 unspecified atom stereocenters. The van der Waals surface area contributed by atoms with Gasteiger partial charge in [-0.3, -0.25) is 4.79 Å². The van der Waals surface area contributed by atoms with Gasteiger partial charge in [0.2, 0.25) is 0 Å². The molecule has 1 saturated carbocycles. The SMILES string of the molecule is O=C(NC1CC1)c1cccc(OCC(O)c2c(F)cccc2F)c1. The first kappa shape index (κ1) is 16.4. The first-order valence-corrected chi connectivity index (χ1v) is 7.70. The molecule has 0 heterocycles. The smallest absolute Gasteiger partial charge is 0.251 e. The van der Waals surface area contributed by atoms with Gasteiger partial charge in [-0.05, 0) is 43.2 Å². The largest absolute Gasteiger partial charge is 0.491 e. The number of aliphatic hydroxyl groups excluding tert-OH is 1. The van der Waals surface area contributed by atoms with Crippen LogP contribution in [0.25, 0.3) is 0 Å². The van der Waals surface area contributed by atoms with Crippen LogP contribution in [0.4, 0.5) is 8.78 Å². The summed E-state index contributed by atoms with van der Waals surface area (Å²) in [5.74, 6) is -1.51. The number of rotatable bonds is 6. The molecule has 0 saturated heterocycles. The van der Waals surface area contributed by atoms with Gasteiger partial charge in [0.05, 0.1) is 5.56 Å². The molecule has 0 spiro atoms. The molecule has 2 aromatic rings. The Morgan fingerprint density at radius 1 is 1.21 bits per heavy atom. The Bertz CT molecular complexity index is 727. The Labute approximate surface area is 138 Å². The number of nitrogens with one attached hydrogen (secondary N) is 1. The molecule has 2 N–H and O–H groups in total. The second-order valence-corrected chi connectivity index (χ2v) is 5.74. The van der Waals surface area contributed by atoms with E-state index in [1.807, 2.05) is 0 Å². The van der Waals surface area contributed by atoms with Crippen LogP contribution in [0, 0.1) is 11.6 Å². The van der Waals surface area contributed by atoms with E-state index in [0.29, 0.717) is 11.3 Å². The van der Waals surface area contributed by atoms with E-state index in [2.05, 4.69) is 5.32 Å². The molecule has 1 fully saturated rings. The topological polar surface area (TPSA) is 58.6 Å². The highest BCUT2D eigenvalue weighted by atomic mass is 19.1. The molecule has 1 aliphatic rings. The molecule has 24 heavy (non-hydrogen) atoms. The van der Waals surface area contributed by atoms with Crippen molar-refractivity contribution >= 4 is 5.91 Å². The fourth-order valence-electron chi connectivity index (χ4n) is 2.31. The molecular formula is C18H17F2NO3. The number of benzene rings is 2. The zero-order valence-electron chi connectivity index (χ0n) is 12.8. The van der Waals surface area contributed by atoms with Crippen LogP contribution >= 0.6 is 0 Å². The fourth-order valence-corrected chi connectivity index (χ4v) is 2.31. The molecule has 1 amide bonds. The normalized spacial score (nSPS) is 15.0. The van der Waals surface area contributed by atoms with E-state index in [-0.39, 0.29) is 18.6 Å². The number of amides is 1. The van der Waals surface area contributed by atoms with Crippen molar-refractivity contribution in [2.24, 2.45) is 0 Å². The number of carbonyl (C=O) groups excluding carboxylic acids is 1. The standard InChI is InChI=1S/C18H17F2NO3/c19-14-5-2-6-15(20)17(14)16(22)10-24-13-4-1-3-11(9-13)18(23)21-12-7-8-12/h1-6,9,12,16,22H,7-8,10H2,(H,21,23). The van der Waals surface area contributed by atoms with E-state index in [4.69, 9.17) is 4.74 Å². The molecule has 0 radical (unpaired) electrons. The minimum absolute atomic E-state index is 0.191. The van der Waals surface area contributed by atoms with E-state index in [1.54, 1.807) is 18.2 Å². The predicted octanol–water partition coefficient (Wildman–Crippen LogP) is 2.97. The van der Waals surface area contributed by atoms with Gasteiger partial charge in [0.15, 0.2) is 0 Å². The zero-order valence-corrected chi connectivity index (χ0v) is 12.8. The van der Waals surface area contributed by atoms with E-state index in [9.17, 15) is 18.7 Å². The Kier molecular flexibility index (Phi) is 4.76. The van der Waals surface area contributed by atoms with Crippen LogP contribution in [0.1, 0.15) is 34.9 Å². The molecule has 6 heteroatoms. The van der Waals surface area contributed by atoms with Crippen LogP contribution < -0.4 is 10.1 Å². The summed E-state index contributed by atoms with van der Waals surface area (Å²) in [6, 6.07) is 10.1. The third-order valence-electron chi connectivity index (χ3n) is 3.75. The minimum Gasteiger partial charge on any atom is -0.491 e. The van der Waals surface area contributed by atoms with Crippen molar-refractivity contribution in [3.63, 3.8) is 0 Å². The van der Waals surface area contributed by atoms with Gasteiger partial charge in [-0.2, -0.15) is 0 Å². The van der Waals surface area contributed by atoms with E-state index in [1.165, 1.54) is 12.1 Å². The molecule has 4 nitrogen and oxygen atoms in total. The van der Waals surface area contributed by atoms with Crippen LogP contribution in [0.15, 0.2) is 42.5 Å². The van der Waals surface area contributed by atoms with Crippen LogP contribution in [0.3, 0.4) is 0 Å². The van der Waals surface area contributed by atoms with Gasteiger partial charge in [0.25, 0.3) is 5.91 Å². The van der Waals surface area contributed by atoms with Crippen molar-refractivity contribution < 1.29 is 23.4 Å². The third-order valence-corrected chi connectivity index (χ3v) is 3.75. The summed E-state index contributed by atoms with van der Waals surface area (Å²) >= 11 is 0. The number of ether oxygens (including phenoxy) is 1. The Hall–Kier alpha value is -2.47. The van der Waals surface area contributed by atoms with E-state index < -0.39 is 23.3 Å². The van der Waals surface area contributed by atoms with Gasteiger partial charge in [-0.15, -0.1) is 0 Å². The molecule has 0 bridgehead atoms. The molecule has 1 aliphatic carbocycles. The second kappa shape index (κ2) is 6.97. The van der Waals surface area contributed by atoms with Gasteiger partial charge < -0.3 is 15.2 Å². The fraction of sp³-hybridized carbons (Fsp3) is 0.278.